The molecule has 2 N–H and O–H groups in total. The van der Waals surface area contributed by atoms with E-state index in [1.165, 1.54) is 84.0 Å². The Morgan fingerprint density at radius 1 is 0.633 bits per heavy atom. The van der Waals surface area contributed by atoms with Crippen LogP contribution in [-0.2, 0) is 9.59 Å². The molecule has 1 aliphatic carbocycles. The predicted octanol–water partition coefficient (Wildman–Crippen LogP) is 7.60. The quantitative estimate of drug-likeness (QED) is 0.145. The number of ketones is 2. The largest absolute Gasteiger partial charge is 0.504 e. The van der Waals surface area contributed by atoms with Crippen LogP contribution in [0.5, 0.6) is 0 Å². The van der Waals surface area contributed by atoms with Gasteiger partial charge >= 0.3 is 0 Å². The summed E-state index contributed by atoms with van der Waals surface area (Å²) in [5, 5.41) is 19.6. The Balaban J connectivity index is 1.95. The zero-order valence-electron chi connectivity index (χ0n) is 19.2. The van der Waals surface area contributed by atoms with Crippen LogP contribution in [0.4, 0.5) is 0 Å². The van der Waals surface area contributed by atoms with E-state index in [2.05, 4.69) is 19.1 Å². The summed E-state index contributed by atoms with van der Waals surface area (Å²) in [6.45, 7) is 3.59. The van der Waals surface area contributed by atoms with E-state index in [1.54, 1.807) is 0 Å². The first kappa shape index (κ1) is 26.2. The van der Waals surface area contributed by atoms with Crippen LogP contribution in [0.3, 0.4) is 0 Å². The number of carbonyl (C=O) groups excluding carboxylic acids is 2. The molecule has 0 aromatic heterocycles. The number of rotatable bonds is 17. The molecule has 0 radical (unpaired) electrons. The molecule has 0 aromatic carbocycles. The summed E-state index contributed by atoms with van der Waals surface area (Å²) in [6, 6.07) is 0. The van der Waals surface area contributed by atoms with Gasteiger partial charge in [-0.25, -0.2) is 0 Å². The topological polar surface area (TPSA) is 74.6 Å². The summed E-state index contributed by atoms with van der Waals surface area (Å²) in [4.78, 5) is 23.8. The molecule has 0 amide bonds. The minimum absolute atomic E-state index is 0.0690. The lowest BCUT2D eigenvalue weighted by Gasteiger charge is -2.15. The Hall–Kier alpha value is -1.84. The maximum atomic E-state index is 12.0. The first-order valence-corrected chi connectivity index (χ1v) is 12.1. The average Bonchev–Trinajstić information content (AvgIpc) is 2.75. The SMILES string of the molecule is CCCCC=CCCCCCCCCCCCCCC1=C(O)C(=O)C(C)=C(O)C1=O. The second-order valence-electron chi connectivity index (χ2n) is 8.50. The van der Waals surface area contributed by atoms with E-state index >= 15 is 0 Å². The van der Waals surface area contributed by atoms with Gasteiger partial charge < -0.3 is 10.2 Å². The molecule has 0 aromatic rings. The van der Waals surface area contributed by atoms with E-state index in [-0.39, 0.29) is 11.1 Å². The summed E-state index contributed by atoms with van der Waals surface area (Å²) < 4.78 is 0. The predicted molar refractivity (Wildman–Crippen MR) is 124 cm³/mol. The molecule has 1 aliphatic rings. The third-order valence-corrected chi connectivity index (χ3v) is 5.87. The van der Waals surface area contributed by atoms with E-state index in [1.807, 2.05) is 0 Å². The van der Waals surface area contributed by atoms with Gasteiger partial charge in [-0.05, 0) is 39.0 Å². The Morgan fingerprint density at radius 3 is 1.63 bits per heavy atom. The van der Waals surface area contributed by atoms with Crippen LogP contribution in [0, 0.1) is 0 Å². The number of aliphatic hydroxyl groups excluding tert-OH is 2. The molecule has 0 saturated heterocycles. The third kappa shape index (κ3) is 9.77. The van der Waals surface area contributed by atoms with Gasteiger partial charge in [-0.1, -0.05) is 89.7 Å². The van der Waals surface area contributed by atoms with Crippen molar-refractivity contribution in [1.82, 2.24) is 0 Å². The molecule has 0 atom stereocenters. The fourth-order valence-corrected chi connectivity index (χ4v) is 3.79. The van der Waals surface area contributed by atoms with Crippen molar-refractivity contribution in [2.24, 2.45) is 0 Å². The molecule has 4 heteroatoms. The van der Waals surface area contributed by atoms with E-state index in [0.29, 0.717) is 6.42 Å². The van der Waals surface area contributed by atoms with Gasteiger partial charge in [0, 0.05) is 11.1 Å². The lowest BCUT2D eigenvalue weighted by molar-refractivity contribution is -0.120. The highest BCUT2D eigenvalue weighted by molar-refractivity contribution is 6.22. The van der Waals surface area contributed by atoms with Crippen LogP contribution in [0.25, 0.3) is 0 Å². The smallest absolute Gasteiger partial charge is 0.227 e. The number of Topliss-reactive ketones (excluding diaryl/α,β-unsaturated/α-hetero) is 2. The molecule has 0 heterocycles. The number of carbonyl (C=O) groups is 2. The first-order chi connectivity index (χ1) is 14.5. The number of hydrogen-bond acceptors (Lipinski definition) is 4. The summed E-state index contributed by atoms with van der Waals surface area (Å²) in [7, 11) is 0. The summed E-state index contributed by atoms with van der Waals surface area (Å²) in [5.74, 6) is -2.23. The van der Waals surface area contributed by atoms with Gasteiger partial charge in [-0.2, -0.15) is 0 Å². The molecule has 0 aliphatic heterocycles. The molecule has 1 rings (SSSR count). The Kier molecular flexibility index (Phi) is 13.9. The van der Waals surface area contributed by atoms with Crippen molar-refractivity contribution in [3.8, 4) is 0 Å². The maximum Gasteiger partial charge on any atom is 0.227 e. The van der Waals surface area contributed by atoms with E-state index < -0.39 is 23.1 Å². The zero-order chi connectivity index (χ0) is 22.2. The normalized spacial score (nSPS) is 15.1. The van der Waals surface area contributed by atoms with Crippen LogP contribution in [0.2, 0.25) is 0 Å². The third-order valence-electron chi connectivity index (χ3n) is 5.87. The van der Waals surface area contributed by atoms with Gasteiger partial charge in [-0.15, -0.1) is 0 Å². The molecule has 0 fully saturated rings. The van der Waals surface area contributed by atoms with Crippen molar-refractivity contribution >= 4 is 11.6 Å². The highest BCUT2D eigenvalue weighted by atomic mass is 16.3. The summed E-state index contributed by atoms with van der Waals surface area (Å²) in [5.41, 5.74) is 0.0000430. The number of allylic oxidation sites excluding steroid dienone is 4. The lowest BCUT2D eigenvalue weighted by Crippen LogP contribution is -2.22. The van der Waals surface area contributed by atoms with Crippen LogP contribution < -0.4 is 0 Å². The summed E-state index contributed by atoms with van der Waals surface area (Å²) in [6.07, 6.45) is 23.2. The molecule has 0 unspecified atom stereocenters. The Labute approximate surface area is 183 Å². The highest BCUT2D eigenvalue weighted by Crippen LogP contribution is 2.25. The monoisotopic (exact) mass is 418 g/mol. The summed E-state index contributed by atoms with van der Waals surface area (Å²) >= 11 is 0. The fraction of sp³-hybridized carbons (Fsp3) is 0.692. The van der Waals surface area contributed by atoms with Crippen molar-refractivity contribution in [2.75, 3.05) is 0 Å². The minimum atomic E-state index is -0.634. The average molecular weight is 419 g/mol. The fourth-order valence-electron chi connectivity index (χ4n) is 3.79. The maximum absolute atomic E-state index is 12.0. The molecule has 30 heavy (non-hydrogen) atoms. The van der Waals surface area contributed by atoms with Crippen LogP contribution in [0.15, 0.2) is 34.8 Å². The minimum Gasteiger partial charge on any atom is -0.504 e. The van der Waals surface area contributed by atoms with Crippen LogP contribution in [-0.4, -0.2) is 21.8 Å². The lowest BCUT2D eigenvalue weighted by atomic mass is 9.91. The van der Waals surface area contributed by atoms with Gasteiger partial charge in [-0.3, -0.25) is 9.59 Å². The van der Waals surface area contributed by atoms with Gasteiger partial charge in [0.1, 0.15) is 0 Å². The second-order valence-corrected chi connectivity index (χ2v) is 8.50. The van der Waals surface area contributed by atoms with Gasteiger partial charge in [0.25, 0.3) is 0 Å². The van der Waals surface area contributed by atoms with Crippen LogP contribution >= 0.6 is 0 Å². The zero-order valence-corrected chi connectivity index (χ0v) is 19.2. The van der Waals surface area contributed by atoms with Crippen molar-refractivity contribution in [3.63, 3.8) is 0 Å². The van der Waals surface area contributed by atoms with Crippen LogP contribution in [0.1, 0.15) is 117 Å². The standard InChI is InChI=1S/C26H42O4/c1-3-4-5-6-7-8-9-10-11-12-13-14-15-16-17-18-19-20-22-25(29)23(27)21(2)24(28)26(22)30/h6-7,27,30H,3-5,8-20H2,1-2H3. The molecule has 170 valence electrons. The van der Waals surface area contributed by atoms with E-state index in [4.69, 9.17) is 0 Å². The van der Waals surface area contributed by atoms with E-state index in [0.717, 1.165) is 19.3 Å². The van der Waals surface area contributed by atoms with Crippen molar-refractivity contribution in [3.05, 3.63) is 34.8 Å². The van der Waals surface area contributed by atoms with Gasteiger partial charge in [0.2, 0.25) is 11.6 Å². The Morgan fingerprint density at radius 2 is 1.10 bits per heavy atom. The molecule has 0 spiro atoms. The number of aliphatic hydroxyl groups is 2. The second kappa shape index (κ2) is 15.9. The molecular weight excluding hydrogens is 376 g/mol. The van der Waals surface area contributed by atoms with Gasteiger partial charge in [0.05, 0.1) is 0 Å². The van der Waals surface area contributed by atoms with E-state index in [9.17, 15) is 19.8 Å². The number of hydrogen-bond donors (Lipinski definition) is 2. The highest BCUT2D eigenvalue weighted by Gasteiger charge is 2.31. The molecule has 4 nitrogen and oxygen atoms in total. The number of unbranched alkanes of at least 4 members (excludes halogenated alkanes) is 13. The molecular formula is C26H42O4. The van der Waals surface area contributed by atoms with Gasteiger partial charge in [0.15, 0.2) is 11.5 Å². The first-order valence-electron chi connectivity index (χ1n) is 12.1. The van der Waals surface area contributed by atoms with Crippen molar-refractivity contribution in [2.45, 2.75) is 117 Å². The van der Waals surface area contributed by atoms with Crippen molar-refractivity contribution < 1.29 is 19.8 Å². The van der Waals surface area contributed by atoms with Crippen molar-refractivity contribution in [1.29, 1.82) is 0 Å². The Bertz CT molecular complexity index is 625. The molecule has 0 saturated carbocycles. The molecule has 0 bridgehead atoms.